The van der Waals surface area contributed by atoms with E-state index >= 15 is 0 Å². The molecular weight excluding hydrogens is 463 g/mol. The fraction of sp³-hybridized carbons (Fsp3) is 0.842. The molecule has 0 amide bonds. The number of hydrogen-bond donors (Lipinski definition) is 0. The molecule has 0 radical (unpaired) electrons. The van der Waals surface area contributed by atoms with Crippen LogP contribution in [0.15, 0.2) is 15.0 Å². The predicted octanol–water partition coefficient (Wildman–Crippen LogP) is 5.71. The van der Waals surface area contributed by atoms with Gasteiger partial charge in [0.2, 0.25) is 0 Å². The first-order valence-electron chi connectivity index (χ1n) is 9.62. The van der Waals surface area contributed by atoms with Crippen LogP contribution in [0.25, 0.3) is 0 Å². The number of isothiocyanates is 3. The van der Waals surface area contributed by atoms with Gasteiger partial charge in [0.05, 0.1) is 35.1 Å². The second-order valence-corrected chi connectivity index (χ2v) is 13.3. The third kappa shape index (κ3) is 5.78. The maximum absolute atomic E-state index is 4.73. The normalized spacial score (nSPS) is 34.9. The molecule has 0 aliphatic heterocycles. The Labute approximate surface area is 196 Å². The molecule has 0 heterocycles. The number of nitrogens with zero attached hydrogens (tertiary/aromatic N) is 3. The highest BCUT2D eigenvalue weighted by Gasteiger charge is 2.63. The molecule has 4 saturated carbocycles. The van der Waals surface area contributed by atoms with E-state index in [2.05, 4.69) is 65.7 Å². The molecule has 3 nitrogen and oxygen atoms in total. The maximum Gasteiger partial charge on any atom is 0.0585 e. The fourth-order valence-electron chi connectivity index (χ4n) is 5.72. The van der Waals surface area contributed by atoms with E-state index < -0.39 is 0 Å². The lowest BCUT2D eigenvalue weighted by molar-refractivity contribution is 0.0774. The van der Waals surface area contributed by atoms with Gasteiger partial charge in [0.15, 0.2) is 0 Å². The molecule has 28 heavy (non-hydrogen) atoms. The molecule has 4 bridgehead atoms. The van der Waals surface area contributed by atoms with E-state index in [1.165, 1.54) is 38.5 Å². The molecule has 0 aromatic heterocycles. The molecule has 4 rings (SSSR count). The zero-order valence-corrected chi connectivity index (χ0v) is 20.8. The van der Waals surface area contributed by atoms with Gasteiger partial charge in [0.25, 0.3) is 0 Å². The van der Waals surface area contributed by atoms with Gasteiger partial charge < -0.3 is 0 Å². The summed E-state index contributed by atoms with van der Waals surface area (Å²) in [6.07, 6.45) is 8.03. The Morgan fingerprint density at radius 2 is 0.964 bits per heavy atom. The first kappa shape index (κ1) is 23.1. The van der Waals surface area contributed by atoms with Gasteiger partial charge in [-0.3, -0.25) is 0 Å². The third-order valence-electron chi connectivity index (χ3n) is 5.94. The van der Waals surface area contributed by atoms with Crippen molar-refractivity contribution in [2.75, 3.05) is 36.9 Å². The third-order valence-corrected chi connectivity index (χ3v) is 10.7. The van der Waals surface area contributed by atoms with Gasteiger partial charge in [-0.1, -0.05) is 0 Å². The van der Waals surface area contributed by atoms with Gasteiger partial charge in [0.1, 0.15) is 0 Å². The van der Waals surface area contributed by atoms with Crippen LogP contribution in [-0.4, -0.2) is 66.6 Å². The Morgan fingerprint density at radius 1 is 0.643 bits per heavy atom. The Hall–Kier alpha value is 0.450. The van der Waals surface area contributed by atoms with Crippen LogP contribution in [0.3, 0.4) is 0 Å². The predicted molar refractivity (Wildman–Crippen MR) is 136 cm³/mol. The summed E-state index contributed by atoms with van der Waals surface area (Å²) in [6, 6.07) is 0. The molecule has 0 N–H and O–H groups in total. The minimum absolute atomic E-state index is 0.386. The molecule has 0 atom stereocenters. The van der Waals surface area contributed by atoms with E-state index in [0.717, 1.165) is 42.8 Å². The van der Waals surface area contributed by atoms with Gasteiger partial charge in [-0.15, -0.1) is 0 Å². The molecule has 4 fully saturated rings. The Morgan fingerprint density at radius 3 is 1.25 bits per heavy atom. The zero-order chi connectivity index (χ0) is 19.9. The fourth-order valence-corrected chi connectivity index (χ4v) is 11.4. The largest absolute Gasteiger partial charge is 0.232 e. The minimum Gasteiger partial charge on any atom is -0.232 e. The average Bonchev–Trinajstić information content (AvgIpc) is 2.65. The molecule has 0 aromatic rings. The van der Waals surface area contributed by atoms with Gasteiger partial charge in [-0.25, -0.2) is 15.0 Å². The lowest BCUT2D eigenvalue weighted by atomic mass is 9.55. The van der Waals surface area contributed by atoms with E-state index in [1.807, 2.05) is 0 Å². The van der Waals surface area contributed by atoms with Crippen molar-refractivity contribution >= 4 is 87.4 Å². The topological polar surface area (TPSA) is 37.1 Å². The van der Waals surface area contributed by atoms with Gasteiger partial charge in [-0.2, -0.15) is 35.3 Å². The van der Waals surface area contributed by atoms with Crippen LogP contribution in [0, 0.1) is 5.92 Å². The van der Waals surface area contributed by atoms with Crippen LogP contribution >= 0.6 is 71.9 Å². The average molecular weight is 488 g/mol. The second kappa shape index (κ2) is 10.7. The second-order valence-electron chi connectivity index (χ2n) is 8.02. The number of thioether (sulfide) groups is 3. The van der Waals surface area contributed by atoms with Crippen LogP contribution < -0.4 is 0 Å². The highest BCUT2D eigenvalue weighted by molar-refractivity contribution is 8.02. The van der Waals surface area contributed by atoms with E-state index in [0.29, 0.717) is 14.2 Å². The van der Waals surface area contributed by atoms with Crippen LogP contribution in [0.2, 0.25) is 0 Å². The smallest absolute Gasteiger partial charge is 0.0585 e. The number of thiocarbonyl (C=S) groups is 3. The molecule has 0 spiro atoms. The summed E-state index contributed by atoms with van der Waals surface area (Å²) in [5, 5.41) is 7.52. The number of rotatable bonds is 12. The molecule has 9 heteroatoms. The van der Waals surface area contributed by atoms with E-state index in [4.69, 9.17) is 36.7 Å². The summed E-state index contributed by atoms with van der Waals surface area (Å²) >= 11 is 20.6. The minimum atomic E-state index is 0.386. The summed E-state index contributed by atoms with van der Waals surface area (Å²) in [7, 11) is 0. The standard InChI is InChI=1S/C19H25N3S6/c23-13-20-1-4-26-17-7-16-8-18(10-17,27-5-2-21-14-24)12-19(9-16,11-17)28-6-3-22-15-25/h16H,1-12H2. The van der Waals surface area contributed by atoms with Crippen LogP contribution in [0.4, 0.5) is 0 Å². The van der Waals surface area contributed by atoms with Crippen molar-refractivity contribution in [1.82, 2.24) is 0 Å². The SMILES string of the molecule is S=C=NCCSC12CC3CC(SCCN=C=S)(C1)CC(SCCN=C=S)(C3)C2. The molecule has 4 aliphatic rings. The highest BCUT2D eigenvalue weighted by atomic mass is 32.2. The first-order valence-corrected chi connectivity index (χ1v) is 13.8. The van der Waals surface area contributed by atoms with E-state index in [9.17, 15) is 0 Å². The summed E-state index contributed by atoms with van der Waals surface area (Å²) in [4.78, 5) is 12.4. The molecule has 4 aliphatic carbocycles. The number of hydrogen-bond acceptors (Lipinski definition) is 9. The summed E-state index contributed by atoms with van der Waals surface area (Å²) < 4.78 is 1.16. The van der Waals surface area contributed by atoms with Crippen molar-refractivity contribution in [3.63, 3.8) is 0 Å². The molecule has 152 valence electrons. The van der Waals surface area contributed by atoms with Crippen molar-refractivity contribution in [1.29, 1.82) is 0 Å². The van der Waals surface area contributed by atoms with Crippen LogP contribution in [0.1, 0.15) is 38.5 Å². The summed E-state index contributed by atoms with van der Waals surface area (Å²) in [5.74, 6) is 3.97. The monoisotopic (exact) mass is 487 g/mol. The van der Waals surface area contributed by atoms with Gasteiger partial charge in [0, 0.05) is 31.5 Å². The molecule has 0 saturated heterocycles. The van der Waals surface area contributed by atoms with Gasteiger partial charge >= 0.3 is 0 Å². The lowest BCUT2D eigenvalue weighted by Gasteiger charge is -2.66. The Kier molecular flexibility index (Phi) is 8.80. The van der Waals surface area contributed by atoms with E-state index in [-0.39, 0.29) is 0 Å². The highest BCUT2D eigenvalue weighted by Crippen LogP contribution is 2.70. The van der Waals surface area contributed by atoms with Crippen molar-refractivity contribution in [2.45, 2.75) is 52.8 Å². The Bertz CT molecular complexity index is 605. The van der Waals surface area contributed by atoms with Crippen molar-refractivity contribution in [3.8, 4) is 0 Å². The molecule has 0 unspecified atom stereocenters. The van der Waals surface area contributed by atoms with Crippen molar-refractivity contribution < 1.29 is 0 Å². The summed E-state index contributed by atoms with van der Waals surface area (Å²) in [6.45, 7) is 2.36. The van der Waals surface area contributed by atoms with Crippen LogP contribution in [0.5, 0.6) is 0 Å². The lowest BCUT2D eigenvalue weighted by Crippen LogP contribution is -2.62. The first-order chi connectivity index (χ1) is 13.6. The zero-order valence-electron chi connectivity index (χ0n) is 15.9. The van der Waals surface area contributed by atoms with Gasteiger partial charge in [-0.05, 0) is 81.1 Å². The van der Waals surface area contributed by atoms with Crippen molar-refractivity contribution in [3.05, 3.63) is 0 Å². The molecule has 0 aromatic carbocycles. The summed E-state index contributed by atoms with van der Waals surface area (Å²) in [5.41, 5.74) is 0. The van der Waals surface area contributed by atoms with E-state index in [1.54, 1.807) is 0 Å². The maximum atomic E-state index is 4.73. The number of aliphatic imine (C=N–C) groups is 3. The van der Waals surface area contributed by atoms with Crippen LogP contribution in [-0.2, 0) is 0 Å². The Balaban J connectivity index is 1.75. The quantitative estimate of drug-likeness (QED) is 0.199. The molecular formula is C19H25N3S6. The van der Waals surface area contributed by atoms with Crippen molar-refractivity contribution in [2.24, 2.45) is 20.9 Å².